The smallest absolute Gasteiger partial charge is 0.169 e. The molecule has 0 radical (unpaired) electrons. The van der Waals surface area contributed by atoms with E-state index in [1.807, 2.05) is 44.2 Å². The Kier molecular flexibility index (Phi) is 6.01. The highest BCUT2D eigenvalue weighted by atomic mass is 31.1. The summed E-state index contributed by atoms with van der Waals surface area (Å²) in [5, 5.41) is 11.6. The van der Waals surface area contributed by atoms with Gasteiger partial charge in [-0.2, -0.15) is 0 Å². The normalized spacial score (nSPS) is 11.4. The van der Waals surface area contributed by atoms with Gasteiger partial charge in [-0.3, -0.25) is 4.79 Å². The summed E-state index contributed by atoms with van der Waals surface area (Å²) in [5.41, 5.74) is 3.15. The van der Waals surface area contributed by atoms with E-state index in [9.17, 15) is 9.90 Å². The molecule has 0 saturated carbocycles. The minimum Gasteiger partial charge on any atom is -0.504 e. The van der Waals surface area contributed by atoms with Gasteiger partial charge in [0.25, 0.3) is 0 Å². The van der Waals surface area contributed by atoms with Gasteiger partial charge in [-0.25, -0.2) is 0 Å². The molecule has 4 heteroatoms. The number of phenolic OH excluding ortho intramolecular Hbond substituents is 1. The number of rotatable bonds is 6. The highest BCUT2D eigenvalue weighted by molar-refractivity contribution is 7.48. The van der Waals surface area contributed by atoms with Crippen molar-refractivity contribution in [2.45, 2.75) is 40.5 Å². The number of hydrogen-bond acceptors (Lipinski definition) is 3. The first-order valence-electron chi connectivity index (χ1n) is 8.14. The van der Waals surface area contributed by atoms with Crippen molar-refractivity contribution >= 4 is 19.7 Å². The Bertz CT molecular complexity index is 751. The third-order valence-corrected chi connectivity index (χ3v) is 5.34. The molecular weight excluding hydrogens is 319 g/mol. The van der Waals surface area contributed by atoms with E-state index >= 15 is 0 Å². The van der Waals surface area contributed by atoms with Crippen molar-refractivity contribution in [3.63, 3.8) is 0 Å². The number of carbonyl (C=O) groups is 1. The molecule has 0 spiro atoms. The number of aromatic hydroxyl groups is 1. The number of Topliss-reactive ketones (excluding diaryl/α,β-unsaturated/α-hetero) is 1. The summed E-state index contributed by atoms with van der Waals surface area (Å²) < 4.78 is 5.92. The number of aryl methyl sites for hydroxylation is 1. The van der Waals surface area contributed by atoms with Crippen LogP contribution < -0.4 is 10.0 Å². The molecule has 0 heterocycles. The van der Waals surface area contributed by atoms with Crippen LogP contribution in [0, 0.1) is 13.8 Å². The Morgan fingerprint density at radius 3 is 2.58 bits per heavy atom. The van der Waals surface area contributed by atoms with Gasteiger partial charge in [0.1, 0.15) is 11.5 Å². The molecule has 0 aromatic heterocycles. The van der Waals surface area contributed by atoms with Gasteiger partial charge < -0.3 is 9.84 Å². The van der Waals surface area contributed by atoms with E-state index in [1.54, 1.807) is 6.92 Å². The molecule has 1 N–H and O–H groups in total. The van der Waals surface area contributed by atoms with Gasteiger partial charge in [-0.1, -0.05) is 34.6 Å². The second-order valence-electron chi connectivity index (χ2n) is 6.42. The molecule has 0 saturated heterocycles. The summed E-state index contributed by atoms with van der Waals surface area (Å²) in [6, 6.07) is 9.59. The van der Waals surface area contributed by atoms with Crippen LogP contribution in [0.5, 0.6) is 17.2 Å². The van der Waals surface area contributed by atoms with Gasteiger partial charge in [0, 0.05) is 6.16 Å². The predicted molar refractivity (Wildman–Crippen MR) is 102 cm³/mol. The second-order valence-corrected chi connectivity index (χ2v) is 7.70. The van der Waals surface area contributed by atoms with Crippen LogP contribution in [-0.4, -0.2) is 17.1 Å². The maximum Gasteiger partial charge on any atom is 0.169 e. The van der Waals surface area contributed by atoms with Gasteiger partial charge in [-0.15, -0.1) is 0 Å². The first-order valence-corrected chi connectivity index (χ1v) is 9.34. The maximum atomic E-state index is 11.1. The largest absolute Gasteiger partial charge is 0.504 e. The Morgan fingerprint density at radius 2 is 1.96 bits per heavy atom. The Labute approximate surface area is 145 Å². The van der Waals surface area contributed by atoms with E-state index in [4.69, 9.17) is 4.74 Å². The summed E-state index contributed by atoms with van der Waals surface area (Å²) in [5.74, 6) is 1.88. The third-order valence-electron chi connectivity index (χ3n) is 3.95. The molecule has 0 aliphatic heterocycles. The number of benzene rings is 2. The molecule has 2 rings (SSSR count). The summed E-state index contributed by atoms with van der Waals surface area (Å²) in [7, 11) is 0.437. The van der Waals surface area contributed by atoms with E-state index < -0.39 is 0 Å². The van der Waals surface area contributed by atoms with E-state index in [1.165, 1.54) is 0 Å². The van der Waals surface area contributed by atoms with Crippen LogP contribution in [-0.2, 0) is 4.79 Å². The lowest BCUT2D eigenvalue weighted by Crippen LogP contribution is -2.01. The first kappa shape index (κ1) is 18.5. The maximum absolute atomic E-state index is 11.1. The third kappa shape index (κ3) is 4.36. The molecule has 0 aliphatic rings. The zero-order chi connectivity index (χ0) is 17.9. The summed E-state index contributed by atoms with van der Waals surface area (Å²) in [6.45, 7) is 9.81. The zero-order valence-electron chi connectivity index (χ0n) is 14.9. The van der Waals surface area contributed by atoms with Crippen LogP contribution in [0.1, 0.15) is 43.4 Å². The molecule has 3 nitrogen and oxygen atoms in total. The van der Waals surface area contributed by atoms with E-state index in [0.717, 1.165) is 22.0 Å². The highest BCUT2D eigenvalue weighted by Gasteiger charge is 2.16. The molecule has 0 fully saturated rings. The molecular formula is C20H25O3P. The Hall–Kier alpha value is -1.86. The molecule has 1 unspecified atom stereocenters. The molecule has 0 amide bonds. The number of hydrogen-bond donors (Lipinski definition) is 1. The van der Waals surface area contributed by atoms with Crippen molar-refractivity contribution in [2.24, 2.45) is 0 Å². The summed E-state index contributed by atoms with van der Waals surface area (Å²) in [6.07, 6.45) is 0.552. The van der Waals surface area contributed by atoms with E-state index in [-0.39, 0.29) is 11.5 Å². The lowest BCUT2D eigenvalue weighted by Gasteiger charge is -2.18. The fourth-order valence-electron chi connectivity index (χ4n) is 2.94. The van der Waals surface area contributed by atoms with Crippen molar-refractivity contribution in [1.82, 2.24) is 0 Å². The SMILES string of the molecule is CC(=O)CPc1cccc(Oc2cc(C)c(C(C)C)c(C)c2O)c1. The van der Waals surface area contributed by atoms with Crippen LogP contribution in [0.15, 0.2) is 30.3 Å². The Morgan fingerprint density at radius 1 is 1.25 bits per heavy atom. The minimum absolute atomic E-state index is 0.188. The topological polar surface area (TPSA) is 46.5 Å². The van der Waals surface area contributed by atoms with Gasteiger partial charge in [0.05, 0.1) is 0 Å². The molecule has 0 aliphatic carbocycles. The van der Waals surface area contributed by atoms with Crippen LogP contribution in [0.25, 0.3) is 0 Å². The molecule has 128 valence electrons. The van der Waals surface area contributed by atoms with E-state index in [2.05, 4.69) is 13.8 Å². The summed E-state index contributed by atoms with van der Waals surface area (Å²) >= 11 is 0. The minimum atomic E-state index is 0.188. The molecule has 24 heavy (non-hydrogen) atoms. The average Bonchev–Trinajstić information content (AvgIpc) is 2.50. The predicted octanol–water partition coefficient (Wildman–Crippen LogP) is 4.82. The highest BCUT2D eigenvalue weighted by Crippen LogP contribution is 2.39. The van der Waals surface area contributed by atoms with Crippen molar-refractivity contribution in [2.75, 3.05) is 6.16 Å². The average molecular weight is 344 g/mol. The lowest BCUT2D eigenvalue weighted by atomic mass is 9.92. The van der Waals surface area contributed by atoms with Crippen LogP contribution >= 0.6 is 8.58 Å². The monoisotopic (exact) mass is 344 g/mol. The van der Waals surface area contributed by atoms with Crippen molar-refractivity contribution in [1.29, 1.82) is 0 Å². The molecule has 2 aromatic carbocycles. The van der Waals surface area contributed by atoms with Gasteiger partial charge in [0.2, 0.25) is 0 Å². The summed E-state index contributed by atoms with van der Waals surface area (Å²) in [4.78, 5) is 11.1. The number of phenols is 1. The van der Waals surface area contributed by atoms with Crippen LogP contribution in [0.2, 0.25) is 0 Å². The molecule has 0 bridgehead atoms. The fourth-order valence-corrected chi connectivity index (χ4v) is 3.85. The number of carbonyl (C=O) groups excluding carboxylic acids is 1. The van der Waals surface area contributed by atoms with Crippen molar-refractivity contribution in [3.8, 4) is 17.2 Å². The Balaban J connectivity index is 2.28. The van der Waals surface area contributed by atoms with Gasteiger partial charge in [0.15, 0.2) is 11.5 Å². The van der Waals surface area contributed by atoms with Gasteiger partial charge in [-0.05, 0) is 66.9 Å². The van der Waals surface area contributed by atoms with Crippen LogP contribution in [0.4, 0.5) is 0 Å². The molecule has 2 aromatic rings. The number of ketones is 1. The molecule has 1 atom stereocenters. The first-order chi connectivity index (χ1) is 11.3. The standard InChI is InChI=1S/C20H25O3P/c1-12(2)19-13(3)9-18(20(22)15(19)5)23-16-7-6-8-17(10-16)24-11-14(4)21/h6-10,12,22,24H,11H2,1-5H3. The van der Waals surface area contributed by atoms with Crippen molar-refractivity contribution < 1.29 is 14.6 Å². The van der Waals surface area contributed by atoms with Gasteiger partial charge >= 0.3 is 0 Å². The second kappa shape index (κ2) is 7.81. The van der Waals surface area contributed by atoms with E-state index in [0.29, 0.717) is 32.2 Å². The quantitative estimate of drug-likeness (QED) is 0.765. The zero-order valence-corrected chi connectivity index (χ0v) is 15.9. The fraction of sp³-hybridized carbons (Fsp3) is 0.350. The lowest BCUT2D eigenvalue weighted by molar-refractivity contribution is -0.114. The van der Waals surface area contributed by atoms with Crippen molar-refractivity contribution in [3.05, 3.63) is 47.0 Å². The van der Waals surface area contributed by atoms with Crippen LogP contribution in [0.3, 0.4) is 0 Å². The number of ether oxygens (including phenoxy) is 1.